The van der Waals surface area contributed by atoms with Gasteiger partial charge in [0.05, 0.1) is 0 Å². The third-order valence-corrected chi connectivity index (χ3v) is 19.0. The molecule has 0 radical (unpaired) electrons. The van der Waals surface area contributed by atoms with Crippen LogP contribution in [-0.4, -0.2) is 0 Å². The Balaban J connectivity index is 0.829. The molecule has 14 aromatic rings. The first-order chi connectivity index (χ1) is 38.4. The Morgan fingerprint density at radius 1 is 0.228 bits per heavy atom. The average Bonchev–Trinajstić information content (AvgIpc) is 3.65. The maximum atomic E-state index is 6.67. The van der Waals surface area contributed by atoms with Crippen LogP contribution in [0.1, 0.15) is 74.9 Å². The number of fused-ring (bicyclic) bond motifs is 19. The lowest BCUT2D eigenvalue weighted by atomic mass is 9.78. The van der Waals surface area contributed by atoms with Crippen LogP contribution in [0.2, 0.25) is 0 Å². The highest BCUT2D eigenvalue weighted by Crippen LogP contribution is 2.62. The number of rotatable bonds is 4. The molecular weight excluding hydrogens is 957 g/mol. The summed E-state index contributed by atoms with van der Waals surface area (Å²) in [6, 6.07) is 81.5. The SMILES string of the molecule is CC1(C)c2cc3c(cc2-c2cc4c(cc21)-c1c(cc(-c2cc(-c5ccccc5)c5oc6ccccc6c5c2)c2ccccc12)C4(C)C)C(C)(C)c1cc(-c2cc(-c4ccccc4)c4oc5ccccc5c4c2)c2ccccc2c1-3. The van der Waals surface area contributed by atoms with E-state index in [9.17, 15) is 0 Å². The maximum absolute atomic E-state index is 6.67. The zero-order chi connectivity index (χ0) is 52.8. The van der Waals surface area contributed by atoms with E-state index in [0.717, 1.165) is 66.1 Å². The lowest BCUT2D eigenvalue weighted by Gasteiger charge is -2.25. The third-order valence-electron chi connectivity index (χ3n) is 19.0. The molecule has 2 heteroatoms. The van der Waals surface area contributed by atoms with E-state index in [2.05, 4.69) is 260 Å². The van der Waals surface area contributed by atoms with Crippen molar-refractivity contribution in [3.8, 4) is 77.9 Å². The van der Waals surface area contributed by atoms with E-state index in [1.165, 1.54) is 111 Å². The highest BCUT2D eigenvalue weighted by atomic mass is 16.3. The summed E-state index contributed by atoms with van der Waals surface area (Å²) in [6.07, 6.45) is 0. The quantitative estimate of drug-likeness (QED) is 0.176. The van der Waals surface area contributed by atoms with Gasteiger partial charge >= 0.3 is 0 Å². The Morgan fingerprint density at radius 2 is 0.544 bits per heavy atom. The molecule has 0 bridgehead atoms. The van der Waals surface area contributed by atoms with Crippen LogP contribution in [0.4, 0.5) is 0 Å². The molecule has 0 spiro atoms. The van der Waals surface area contributed by atoms with Gasteiger partial charge in [-0.3, -0.25) is 0 Å². The van der Waals surface area contributed by atoms with Crippen LogP contribution < -0.4 is 0 Å². The molecule has 3 aliphatic carbocycles. The molecule has 0 saturated heterocycles. The van der Waals surface area contributed by atoms with Gasteiger partial charge in [0.15, 0.2) is 0 Å². The molecule has 0 fully saturated rings. The van der Waals surface area contributed by atoms with E-state index in [0.29, 0.717) is 0 Å². The fourth-order valence-electron chi connectivity index (χ4n) is 15.0. The van der Waals surface area contributed by atoms with Gasteiger partial charge in [-0.2, -0.15) is 0 Å². The van der Waals surface area contributed by atoms with Crippen molar-refractivity contribution in [3.05, 3.63) is 252 Å². The Kier molecular flexibility index (Phi) is 8.79. The third kappa shape index (κ3) is 5.96. The van der Waals surface area contributed by atoms with Crippen LogP contribution in [0.25, 0.3) is 143 Å². The van der Waals surface area contributed by atoms with Gasteiger partial charge in [-0.05, 0) is 194 Å². The zero-order valence-electron chi connectivity index (χ0n) is 45.1. The molecule has 0 atom stereocenters. The first-order valence-corrected chi connectivity index (χ1v) is 28.0. The van der Waals surface area contributed by atoms with Crippen molar-refractivity contribution in [1.29, 1.82) is 0 Å². The second-order valence-corrected chi connectivity index (χ2v) is 24.3. The minimum Gasteiger partial charge on any atom is -0.455 e. The molecule has 0 unspecified atom stereocenters. The van der Waals surface area contributed by atoms with Crippen molar-refractivity contribution in [2.24, 2.45) is 0 Å². The molecule has 0 saturated carbocycles. The monoisotopic (exact) mass is 1010 g/mol. The Hall–Kier alpha value is -9.24. The Labute approximate surface area is 459 Å². The molecule has 374 valence electrons. The van der Waals surface area contributed by atoms with Crippen molar-refractivity contribution in [3.63, 3.8) is 0 Å². The van der Waals surface area contributed by atoms with Crippen molar-refractivity contribution in [2.75, 3.05) is 0 Å². The summed E-state index contributed by atoms with van der Waals surface area (Å²) in [5, 5.41) is 9.68. The second kappa shape index (κ2) is 15.5. The van der Waals surface area contributed by atoms with Gasteiger partial charge in [-0.25, -0.2) is 0 Å². The fraction of sp³-hybridized carbons (Fsp3) is 0.117. The van der Waals surface area contributed by atoms with Crippen molar-refractivity contribution >= 4 is 65.4 Å². The Morgan fingerprint density at radius 3 is 0.962 bits per heavy atom. The van der Waals surface area contributed by atoms with Gasteiger partial charge in [0, 0.05) is 48.9 Å². The summed E-state index contributed by atoms with van der Waals surface area (Å²) in [5.41, 5.74) is 28.8. The van der Waals surface area contributed by atoms with Crippen LogP contribution in [0.5, 0.6) is 0 Å². The van der Waals surface area contributed by atoms with Crippen LogP contribution in [0.15, 0.2) is 227 Å². The summed E-state index contributed by atoms with van der Waals surface area (Å²) in [4.78, 5) is 0. The smallest absolute Gasteiger partial charge is 0.143 e. The van der Waals surface area contributed by atoms with E-state index < -0.39 is 0 Å². The molecule has 2 nitrogen and oxygen atoms in total. The summed E-state index contributed by atoms with van der Waals surface area (Å²) in [7, 11) is 0. The molecule has 0 N–H and O–H groups in total. The van der Waals surface area contributed by atoms with Gasteiger partial charge in [0.25, 0.3) is 0 Å². The topological polar surface area (TPSA) is 26.3 Å². The van der Waals surface area contributed by atoms with Crippen molar-refractivity contribution in [2.45, 2.75) is 57.8 Å². The number of hydrogen-bond donors (Lipinski definition) is 0. The molecule has 0 amide bonds. The zero-order valence-corrected chi connectivity index (χ0v) is 45.1. The van der Waals surface area contributed by atoms with E-state index >= 15 is 0 Å². The standard InChI is InChI=1S/C77H54O2/c1-75(2)63-41-61-65(76(3,4)67-37-53(47-25-13-15-29-51(47)71(61)67)45-33-55(43-21-9-7-10-22-43)73-59(35-45)49-27-17-19-31-69(49)78-73)39-57(63)58-40-66-62(42-64(58)75)72-52-30-16-14-26-48(52)54(38-68(72)77(66,5)6)46-34-56(44-23-11-8-12-24-44)74-60(36-46)50-28-18-20-32-70(50)79-74/h7-42H,1-6H3. The van der Waals surface area contributed by atoms with Gasteiger partial charge in [-0.15, -0.1) is 0 Å². The van der Waals surface area contributed by atoms with Gasteiger partial charge in [0.2, 0.25) is 0 Å². The summed E-state index contributed by atoms with van der Waals surface area (Å²) >= 11 is 0. The first kappa shape index (κ1) is 44.8. The van der Waals surface area contributed by atoms with Gasteiger partial charge < -0.3 is 8.83 Å². The molecule has 17 rings (SSSR count). The van der Waals surface area contributed by atoms with E-state index in [-0.39, 0.29) is 16.2 Å². The minimum atomic E-state index is -0.270. The van der Waals surface area contributed by atoms with E-state index in [1.807, 2.05) is 0 Å². The van der Waals surface area contributed by atoms with Crippen molar-refractivity contribution in [1.82, 2.24) is 0 Å². The van der Waals surface area contributed by atoms with E-state index in [1.54, 1.807) is 0 Å². The number of furan rings is 2. The number of para-hydroxylation sites is 2. The molecule has 12 aromatic carbocycles. The molecule has 3 aliphatic rings. The second-order valence-electron chi connectivity index (χ2n) is 24.3. The normalized spacial score (nSPS) is 15.0. The van der Waals surface area contributed by atoms with Gasteiger partial charge in [0.1, 0.15) is 22.3 Å². The highest BCUT2D eigenvalue weighted by molar-refractivity contribution is 6.17. The van der Waals surface area contributed by atoms with Crippen LogP contribution in [-0.2, 0) is 16.2 Å². The molecule has 2 heterocycles. The number of hydrogen-bond acceptors (Lipinski definition) is 2. The molecule has 0 aliphatic heterocycles. The van der Waals surface area contributed by atoms with E-state index in [4.69, 9.17) is 8.83 Å². The predicted octanol–water partition coefficient (Wildman–Crippen LogP) is 21.4. The lowest BCUT2D eigenvalue weighted by molar-refractivity contribution is 0.649. The molecule has 79 heavy (non-hydrogen) atoms. The minimum absolute atomic E-state index is 0.243. The predicted molar refractivity (Wildman–Crippen MR) is 330 cm³/mol. The maximum Gasteiger partial charge on any atom is 0.143 e. The largest absolute Gasteiger partial charge is 0.455 e. The van der Waals surface area contributed by atoms with Gasteiger partial charge in [-0.1, -0.05) is 187 Å². The Bertz CT molecular complexity index is 4700. The highest BCUT2D eigenvalue weighted by Gasteiger charge is 2.46. The van der Waals surface area contributed by atoms with Crippen molar-refractivity contribution < 1.29 is 8.83 Å². The van der Waals surface area contributed by atoms with Crippen LogP contribution >= 0.6 is 0 Å². The lowest BCUT2D eigenvalue weighted by Crippen LogP contribution is -2.17. The van der Waals surface area contributed by atoms with Crippen LogP contribution in [0.3, 0.4) is 0 Å². The fourth-order valence-corrected chi connectivity index (χ4v) is 15.0. The van der Waals surface area contributed by atoms with Crippen LogP contribution in [0, 0.1) is 0 Å². The molecule has 2 aromatic heterocycles. The summed E-state index contributed by atoms with van der Waals surface area (Å²) < 4.78 is 13.3. The number of benzene rings is 12. The molecular formula is C77H54O2. The first-order valence-electron chi connectivity index (χ1n) is 28.0. The summed E-state index contributed by atoms with van der Waals surface area (Å²) in [5.74, 6) is 0. The summed E-state index contributed by atoms with van der Waals surface area (Å²) in [6.45, 7) is 14.7. The average molecular weight is 1010 g/mol.